The number of aliphatic hydroxyl groups is 2. The average molecular weight is 130 g/mol. The van der Waals surface area contributed by atoms with Gasteiger partial charge in [-0.15, -0.1) is 0 Å². The van der Waals surface area contributed by atoms with Gasteiger partial charge in [-0.2, -0.15) is 0 Å². The van der Waals surface area contributed by atoms with Gasteiger partial charge < -0.3 is 10.2 Å². The smallest absolute Gasteiger partial charge is 0.0615 e. The van der Waals surface area contributed by atoms with Crippen LogP contribution in [0, 0.1) is 5.41 Å². The van der Waals surface area contributed by atoms with Crippen LogP contribution >= 0.6 is 0 Å². The standard InChI is InChI=1S/C7H14O2/c1-2-6(9)7(5-8)3-4-7/h6,8-9H,2-5H2,1H3/t6-/m0/s1. The van der Waals surface area contributed by atoms with Crippen LogP contribution in [-0.4, -0.2) is 22.9 Å². The summed E-state index contributed by atoms with van der Waals surface area (Å²) in [6, 6.07) is 0. The molecule has 1 atom stereocenters. The summed E-state index contributed by atoms with van der Waals surface area (Å²) in [6.07, 6.45) is 2.49. The number of hydrogen-bond acceptors (Lipinski definition) is 2. The lowest BCUT2D eigenvalue weighted by atomic mass is 9.99. The van der Waals surface area contributed by atoms with Gasteiger partial charge in [0.15, 0.2) is 0 Å². The van der Waals surface area contributed by atoms with Crippen LogP contribution in [0.15, 0.2) is 0 Å². The first-order valence-corrected chi connectivity index (χ1v) is 3.54. The molecule has 1 aliphatic carbocycles. The van der Waals surface area contributed by atoms with E-state index < -0.39 is 0 Å². The molecule has 54 valence electrons. The van der Waals surface area contributed by atoms with Crippen molar-refractivity contribution >= 4 is 0 Å². The molecule has 0 aromatic rings. The number of aliphatic hydroxyl groups excluding tert-OH is 2. The van der Waals surface area contributed by atoms with Gasteiger partial charge >= 0.3 is 0 Å². The fraction of sp³-hybridized carbons (Fsp3) is 1.00. The topological polar surface area (TPSA) is 40.5 Å². The summed E-state index contributed by atoms with van der Waals surface area (Å²) in [5.41, 5.74) is -0.0885. The van der Waals surface area contributed by atoms with Crippen molar-refractivity contribution in [2.75, 3.05) is 6.61 Å². The summed E-state index contributed by atoms with van der Waals surface area (Å²) in [5.74, 6) is 0. The van der Waals surface area contributed by atoms with E-state index in [1.54, 1.807) is 0 Å². The van der Waals surface area contributed by atoms with Gasteiger partial charge in [-0.05, 0) is 19.3 Å². The Hall–Kier alpha value is -0.0800. The van der Waals surface area contributed by atoms with Gasteiger partial charge in [0.05, 0.1) is 12.7 Å². The zero-order valence-corrected chi connectivity index (χ0v) is 5.80. The molecule has 1 fully saturated rings. The van der Waals surface area contributed by atoms with Crippen LogP contribution in [0.5, 0.6) is 0 Å². The fourth-order valence-corrected chi connectivity index (χ4v) is 1.19. The number of rotatable bonds is 3. The molecule has 0 bridgehead atoms. The fourth-order valence-electron chi connectivity index (χ4n) is 1.19. The lowest BCUT2D eigenvalue weighted by Crippen LogP contribution is -2.24. The van der Waals surface area contributed by atoms with Gasteiger partial charge in [-0.3, -0.25) is 0 Å². The van der Waals surface area contributed by atoms with Crippen molar-refractivity contribution in [3.8, 4) is 0 Å². The highest BCUT2D eigenvalue weighted by Crippen LogP contribution is 2.48. The van der Waals surface area contributed by atoms with Crippen molar-refractivity contribution < 1.29 is 10.2 Å². The Labute approximate surface area is 55.5 Å². The number of hydrogen-bond donors (Lipinski definition) is 2. The van der Waals surface area contributed by atoms with Crippen molar-refractivity contribution in [2.45, 2.75) is 32.3 Å². The van der Waals surface area contributed by atoms with Crippen molar-refractivity contribution in [1.29, 1.82) is 0 Å². The molecule has 0 amide bonds. The van der Waals surface area contributed by atoms with Crippen molar-refractivity contribution in [1.82, 2.24) is 0 Å². The first-order chi connectivity index (χ1) is 4.25. The van der Waals surface area contributed by atoms with E-state index in [-0.39, 0.29) is 18.1 Å². The maximum Gasteiger partial charge on any atom is 0.0615 e. The Balaban J connectivity index is 2.39. The zero-order chi connectivity index (χ0) is 6.91. The predicted molar refractivity (Wildman–Crippen MR) is 35.1 cm³/mol. The molecule has 0 radical (unpaired) electrons. The lowest BCUT2D eigenvalue weighted by Gasteiger charge is -2.17. The molecule has 1 rings (SSSR count). The van der Waals surface area contributed by atoms with E-state index >= 15 is 0 Å². The third-order valence-electron chi connectivity index (χ3n) is 2.30. The molecule has 0 spiro atoms. The van der Waals surface area contributed by atoms with Crippen molar-refractivity contribution in [2.24, 2.45) is 5.41 Å². The molecule has 0 aromatic heterocycles. The molecule has 2 N–H and O–H groups in total. The van der Waals surface area contributed by atoms with E-state index in [9.17, 15) is 5.11 Å². The van der Waals surface area contributed by atoms with E-state index in [2.05, 4.69) is 0 Å². The van der Waals surface area contributed by atoms with Crippen LogP contribution in [0.1, 0.15) is 26.2 Å². The van der Waals surface area contributed by atoms with E-state index in [1.165, 1.54) is 0 Å². The lowest BCUT2D eigenvalue weighted by molar-refractivity contribution is 0.0483. The summed E-state index contributed by atoms with van der Waals surface area (Å²) in [4.78, 5) is 0. The second-order valence-corrected chi connectivity index (χ2v) is 2.94. The van der Waals surface area contributed by atoms with E-state index in [0.29, 0.717) is 0 Å². The molecule has 0 heterocycles. The molecule has 1 aliphatic rings. The molecule has 0 saturated heterocycles. The summed E-state index contributed by atoms with van der Waals surface area (Å²) in [6.45, 7) is 2.10. The molecule has 0 aromatic carbocycles. The van der Waals surface area contributed by atoms with Crippen molar-refractivity contribution in [3.63, 3.8) is 0 Å². The molecular weight excluding hydrogens is 116 g/mol. The highest BCUT2D eigenvalue weighted by molar-refractivity contribution is 4.97. The van der Waals surface area contributed by atoms with E-state index in [0.717, 1.165) is 19.3 Å². The maximum absolute atomic E-state index is 9.29. The molecule has 9 heavy (non-hydrogen) atoms. The molecule has 1 saturated carbocycles. The largest absolute Gasteiger partial charge is 0.396 e. The van der Waals surface area contributed by atoms with E-state index in [4.69, 9.17) is 5.11 Å². The van der Waals surface area contributed by atoms with E-state index in [1.807, 2.05) is 6.92 Å². The minimum Gasteiger partial charge on any atom is -0.396 e. The van der Waals surface area contributed by atoms with Gasteiger partial charge in [0, 0.05) is 5.41 Å². The average Bonchev–Trinajstić information content (AvgIpc) is 2.66. The summed E-state index contributed by atoms with van der Waals surface area (Å²) >= 11 is 0. The Bertz CT molecular complexity index is 97.1. The van der Waals surface area contributed by atoms with Gasteiger partial charge in [-0.1, -0.05) is 6.92 Å². The minimum atomic E-state index is -0.275. The zero-order valence-electron chi connectivity index (χ0n) is 5.80. The van der Waals surface area contributed by atoms with Gasteiger partial charge in [0.25, 0.3) is 0 Å². The molecule has 0 unspecified atom stereocenters. The first-order valence-electron chi connectivity index (χ1n) is 3.54. The minimum absolute atomic E-state index is 0.0885. The molecule has 0 aliphatic heterocycles. The first kappa shape index (κ1) is 7.03. The summed E-state index contributed by atoms with van der Waals surface area (Å²) in [5, 5.41) is 18.1. The Morgan fingerprint density at radius 3 is 2.22 bits per heavy atom. The third-order valence-corrected chi connectivity index (χ3v) is 2.30. The van der Waals surface area contributed by atoms with Crippen molar-refractivity contribution in [3.05, 3.63) is 0 Å². The van der Waals surface area contributed by atoms with Gasteiger partial charge in [0.2, 0.25) is 0 Å². The summed E-state index contributed by atoms with van der Waals surface area (Å²) in [7, 11) is 0. The second-order valence-electron chi connectivity index (χ2n) is 2.94. The van der Waals surface area contributed by atoms with Crippen LogP contribution < -0.4 is 0 Å². The highest BCUT2D eigenvalue weighted by Gasteiger charge is 2.47. The SMILES string of the molecule is CC[C@H](O)C1(CO)CC1. The quantitative estimate of drug-likeness (QED) is 0.585. The van der Waals surface area contributed by atoms with Crippen LogP contribution in [-0.2, 0) is 0 Å². The van der Waals surface area contributed by atoms with Crippen LogP contribution in [0.4, 0.5) is 0 Å². The maximum atomic E-state index is 9.29. The van der Waals surface area contributed by atoms with Gasteiger partial charge in [-0.25, -0.2) is 0 Å². The van der Waals surface area contributed by atoms with Crippen LogP contribution in [0.2, 0.25) is 0 Å². The van der Waals surface area contributed by atoms with Crippen LogP contribution in [0.3, 0.4) is 0 Å². The molecule has 2 nitrogen and oxygen atoms in total. The predicted octanol–water partition coefficient (Wildman–Crippen LogP) is 0.530. The Kier molecular flexibility index (Phi) is 1.78. The monoisotopic (exact) mass is 130 g/mol. The molecule has 2 heteroatoms. The highest BCUT2D eigenvalue weighted by atomic mass is 16.3. The Morgan fingerprint density at radius 1 is 1.56 bits per heavy atom. The molecular formula is C7H14O2. The van der Waals surface area contributed by atoms with Gasteiger partial charge in [0.1, 0.15) is 0 Å². The third kappa shape index (κ3) is 1.10. The Morgan fingerprint density at radius 2 is 2.11 bits per heavy atom. The van der Waals surface area contributed by atoms with Crippen LogP contribution in [0.25, 0.3) is 0 Å². The normalized spacial score (nSPS) is 25.7. The summed E-state index contributed by atoms with van der Waals surface area (Å²) < 4.78 is 0. The second kappa shape index (κ2) is 2.27.